The number of amides is 1. The highest BCUT2D eigenvalue weighted by Crippen LogP contribution is 2.21. The van der Waals surface area contributed by atoms with Gasteiger partial charge < -0.3 is 9.73 Å². The van der Waals surface area contributed by atoms with Gasteiger partial charge in [0.1, 0.15) is 5.76 Å². The van der Waals surface area contributed by atoms with E-state index in [-0.39, 0.29) is 16.8 Å². The largest absolute Gasteiger partial charge is 0.468 e. The highest BCUT2D eigenvalue weighted by Gasteiger charge is 2.15. The molecule has 1 aromatic carbocycles. The number of rotatable bonds is 6. The first-order valence-corrected chi connectivity index (χ1v) is 7.30. The Bertz CT molecular complexity index is 628. The Hall–Kier alpha value is -2.28. The molecule has 0 radical (unpaired) electrons. The van der Waals surface area contributed by atoms with E-state index >= 15 is 0 Å². The maximum Gasteiger partial charge on any atom is 0.271 e. The standard InChI is InChI=1S/C14H14N2O4S/c1-10(21-9-13-6-3-7-20-13)14(17)15-11-4-2-5-12(8-11)16(18)19/h2-8,10H,9H2,1H3,(H,15,17). The molecule has 2 aromatic rings. The van der Waals surface area contributed by atoms with E-state index in [9.17, 15) is 14.9 Å². The van der Waals surface area contributed by atoms with Gasteiger partial charge in [-0.3, -0.25) is 14.9 Å². The molecule has 0 saturated carbocycles. The summed E-state index contributed by atoms with van der Waals surface area (Å²) in [4.78, 5) is 22.2. The van der Waals surface area contributed by atoms with E-state index in [0.717, 1.165) is 5.76 Å². The van der Waals surface area contributed by atoms with Crippen molar-refractivity contribution in [2.45, 2.75) is 17.9 Å². The second-order valence-corrected chi connectivity index (χ2v) is 5.66. The summed E-state index contributed by atoms with van der Waals surface area (Å²) >= 11 is 1.43. The molecule has 6 nitrogen and oxygen atoms in total. The molecule has 0 aliphatic heterocycles. The van der Waals surface area contributed by atoms with E-state index in [4.69, 9.17) is 4.42 Å². The molecule has 1 heterocycles. The van der Waals surface area contributed by atoms with Crippen LogP contribution in [0.5, 0.6) is 0 Å². The summed E-state index contributed by atoms with van der Waals surface area (Å²) in [5.74, 6) is 1.19. The van der Waals surface area contributed by atoms with Crippen LogP contribution in [-0.2, 0) is 10.5 Å². The van der Waals surface area contributed by atoms with Crippen molar-refractivity contribution in [3.8, 4) is 0 Å². The van der Waals surface area contributed by atoms with Crippen LogP contribution < -0.4 is 5.32 Å². The van der Waals surface area contributed by atoms with Gasteiger partial charge in [0, 0.05) is 17.8 Å². The van der Waals surface area contributed by atoms with Gasteiger partial charge in [-0.2, -0.15) is 0 Å². The normalized spacial score (nSPS) is 11.9. The summed E-state index contributed by atoms with van der Waals surface area (Å²) in [7, 11) is 0. The lowest BCUT2D eigenvalue weighted by molar-refractivity contribution is -0.384. The van der Waals surface area contributed by atoms with Crippen molar-refractivity contribution in [3.63, 3.8) is 0 Å². The molecule has 0 fully saturated rings. The Balaban J connectivity index is 1.91. The van der Waals surface area contributed by atoms with E-state index in [1.54, 1.807) is 25.3 Å². The van der Waals surface area contributed by atoms with E-state index < -0.39 is 4.92 Å². The second-order valence-electron chi connectivity index (χ2n) is 4.33. The summed E-state index contributed by atoms with van der Waals surface area (Å²) in [6.07, 6.45) is 1.59. The molecular formula is C14H14N2O4S. The molecule has 2 rings (SSSR count). The zero-order valence-corrected chi connectivity index (χ0v) is 12.1. The van der Waals surface area contributed by atoms with Gasteiger partial charge in [0.15, 0.2) is 0 Å². The topological polar surface area (TPSA) is 85.4 Å². The number of anilines is 1. The fourth-order valence-corrected chi connectivity index (χ4v) is 2.41. The fraction of sp³-hybridized carbons (Fsp3) is 0.214. The summed E-state index contributed by atoms with van der Waals surface area (Å²) < 4.78 is 5.20. The van der Waals surface area contributed by atoms with Crippen molar-refractivity contribution in [1.82, 2.24) is 0 Å². The summed E-state index contributed by atoms with van der Waals surface area (Å²) in [6, 6.07) is 9.51. The van der Waals surface area contributed by atoms with Crippen LogP contribution in [0.3, 0.4) is 0 Å². The number of non-ortho nitro benzene ring substituents is 1. The number of carbonyl (C=O) groups is 1. The molecule has 1 aromatic heterocycles. The van der Waals surface area contributed by atoms with Crippen LogP contribution in [0.15, 0.2) is 47.1 Å². The lowest BCUT2D eigenvalue weighted by atomic mass is 10.2. The van der Waals surface area contributed by atoms with E-state index in [2.05, 4.69) is 5.32 Å². The number of nitrogens with zero attached hydrogens (tertiary/aromatic N) is 1. The Morgan fingerprint density at radius 1 is 1.43 bits per heavy atom. The third kappa shape index (κ3) is 4.35. The molecule has 1 atom stereocenters. The number of furan rings is 1. The minimum Gasteiger partial charge on any atom is -0.468 e. The lowest BCUT2D eigenvalue weighted by Crippen LogP contribution is -2.22. The fourth-order valence-electron chi connectivity index (χ4n) is 1.62. The maximum absolute atomic E-state index is 12.0. The summed E-state index contributed by atoms with van der Waals surface area (Å²) in [6.45, 7) is 1.78. The number of benzene rings is 1. The molecule has 0 saturated heterocycles. The van der Waals surface area contributed by atoms with Crippen molar-refractivity contribution in [1.29, 1.82) is 0 Å². The highest BCUT2D eigenvalue weighted by atomic mass is 32.2. The van der Waals surface area contributed by atoms with Gasteiger partial charge in [0.05, 0.1) is 22.2 Å². The van der Waals surface area contributed by atoms with Crippen LogP contribution in [0, 0.1) is 10.1 Å². The molecule has 21 heavy (non-hydrogen) atoms. The van der Waals surface area contributed by atoms with Crippen molar-refractivity contribution in [3.05, 3.63) is 58.5 Å². The van der Waals surface area contributed by atoms with Crippen LogP contribution in [0.2, 0.25) is 0 Å². The molecule has 110 valence electrons. The van der Waals surface area contributed by atoms with Gasteiger partial charge in [-0.25, -0.2) is 0 Å². The van der Waals surface area contributed by atoms with Crippen molar-refractivity contribution < 1.29 is 14.1 Å². The zero-order chi connectivity index (χ0) is 15.2. The molecule has 7 heteroatoms. The van der Waals surface area contributed by atoms with E-state index in [1.807, 2.05) is 6.07 Å². The van der Waals surface area contributed by atoms with Crippen molar-refractivity contribution >= 4 is 29.0 Å². The average molecular weight is 306 g/mol. The molecule has 1 unspecified atom stereocenters. The van der Waals surface area contributed by atoms with Crippen molar-refractivity contribution in [2.75, 3.05) is 5.32 Å². The number of nitrogens with one attached hydrogen (secondary N) is 1. The van der Waals surface area contributed by atoms with Crippen LogP contribution in [0.4, 0.5) is 11.4 Å². The first-order chi connectivity index (χ1) is 10.1. The minimum atomic E-state index is -0.495. The van der Waals surface area contributed by atoms with Gasteiger partial charge in [0.25, 0.3) is 5.69 Å². The van der Waals surface area contributed by atoms with Gasteiger partial charge in [-0.05, 0) is 25.1 Å². The maximum atomic E-state index is 12.0. The number of thioether (sulfide) groups is 1. The highest BCUT2D eigenvalue weighted by molar-refractivity contribution is 7.99. The molecule has 0 aliphatic rings. The number of hydrogen-bond donors (Lipinski definition) is 1. The Morgan fingerprint density at radius 2 is 2.24 bits per heavy atom. The SMILES string of the molecule is CC(SCc1ccco1)C(=O)Nc1cccc([N+](=O)[O-])c1. The van der Waals surface area contributed by atoms with E-state index in [0.29, 0.717) is 11.4 Å². The average Bonchev–Trinajstić information content (AvgIpc) is 2.98. The van der Waals surface area contributed by atoms with Crippen LogP contribution in [0.1, 0.15) is 12.7 Å². The summed E-state index contributed by atoms with van der Waals surface area (Å²) in [5.41, 5.74) is 0.364. The van der Waals surface area contributed by atoms with Crippen LogP contribution >= 0.6 is 11.8 Å². The van der Waals surface area contributed by atoms with E-state index in [1.165, 1.54) is 30.0 Å². The predicted molar refractivity (Wildman–Crippen MR) is 81.2 cm³/mol. The molecule has 1 N–H and O–H groups in total. The number of hydrogen-bond acceptors (Lipinski definition) is 5. The monoisotopic (exact) mass is 306 g/mol. The van der Waals surface area contributed by atoms with Gasteiger partial charge in [-0.15, -0.1) is 11.8 Å². The molecule has 0 bridgehead atoms. The van der Waals surface area contributed by atoms with Crippen LogP contribution in [0.25, 0.3) is 0 Å². The Kier molecular flexibility index (Phi) is 4.99. The predicted octanol–water partition coefficient (Wildman–Crippen LogP) is 3.45. The molecule has 1 amide bonds. The molecule has 0 spiro atoms. The Morgan fingerprint density at radius 3 is 2.90 bits per heavy atom. The van der Waals surface area contributed by atoms with Crippen molar-refractivity contribution in [2.24, 2.45) is 0 Å². The third-order valence-corrected chi connectivity index (χ3v) is 3.91. The minimum absolute atomic E-state index is 0.0521. The Labute approximate surface area is 125 Å². The smallest absolute Gasteiger partial charge is 0.271 e. The van der Waals surface area contributed by atoms with Gasteiger partial charge in [0.2, 0.25) is 5.91 Å². The first kappa shape index (κ1) is 15.1. The molecular weight excluding hydrogens is 292 g/mol. The number of nitro benzene ring substituents is 1. The van der Waals surface area contributed by atoms with Gasteiger partial charge in [-0.1, -0.05) is 6.07 Å². The molecule has 0 aliphatic carbocycles. The van der Waals surface area contributed by atoms with Crippen LogP contribution in [-0.4, -0.2) is 16.1 Å². The zero-order valence-electron chi connectivity index (χ0n) is 11.3. The number of nitro groups is 1. The summed E-state index contributed by atoms with van der Waals surface area (Å²) in [5, 5.41) is 13.1. The third-order valence-electron chi connectivity index (χ3n) is 2.75. The quantitative estimate of drug-likeness (QED) is 0.652. The lowest BCUT2D eigenvalue weighted by Gasteiger charge is -2.11. The first-order valence-electron chi connectivity index (χ1n) is 6.25. The second kappa shape index (κ2) is 6.94. The number of carbonyl (C=O) groups excluding carboxylic acids is 1. The van der Waals surface area contributed by atoms with Gasteiger partial charge >= 0.3 is 0 Å².